The van der Waals surface area contributed by atoms with Crippen LogP contribution in [0.1, 0.15) is 20.8 Å². The van der Waals surface area contributed by atoms with Crippen LogP contribution in [-0.2, 0) is 0 Å². The number of hydrogen-bond acceptors (Lipinski definition) is 2. The first-order valence-electron chi connectivity index (χ1n) is 4.99. The highest BCUT2D eigenvalue weighted by molar-refractivity contribution is 7.80. The van der Waals surface area contributed by atoms with Crippen molar-refractivity contribution in [3.05, 3.63) is 0 Å². The van der Waals surface area contributed by atoms with Crippen molar-refractivity contribution in [1.29, 1.82) is 0 Å². The molecule has 0 unspecified atom stereocenters. The molecular weight excluding hydrogens is 182 g/mol. The Morgan fingerprint density at radius 2 is 1.46 bits per heavy atom. The Balaban J connectivity index is 2.62. The molecule has 0 amide bonds. The summed E-state index contributed by atoms with van der Waals surface area (Å²) in [6.07, 6.45) is 0. The van der Waals surface area contributed by atoms with Crippen molar-refractivity contribution in [1.82, 2.24) is 14.7 Å². The fourth-order valence-corrected chi connectivity index (χ4v) is 1.89. The minimum atomic E-state index is 0.988. The van der Waals surface area contributed by atoms with Crippen LogP contribution in [0.25, 0.3) is 0 Å². The molecule has 0 aromatic carbocycles. The Kier molecular flexibility index (Phi) is 3.93. The van der Waals surface area contributed by atoms with E-state index in [0.717, 1.165) is 38.1 Å². The zero-order chi connectivity index (χ0) is 9.84. The molecule has 1 rings (SSSR count). The Bertz CT molecular complexity index is 168. The molecule has 1 aliphatic heterocycles. The fourth-order valence-electron chi connectivity index (χ4n) is 1.52. The van der Waals surface area contributed by atoms with Gasteiger partial charge in [0.2, 0.25) is 0 Å². The van der Waals surface area contributed by atoms with Gasteiger partial charge < -0.3 is 9.80 Å². The molecule has 1 fully saturated rings. The largest absolute Gasteiger partial charge is 0.336 e. The highest BCUT2D eigenvalue weighted by Gasteiger charge is 2.23. The van der Waals surface area contributed by atoms with Gasteiger partial charge in [-0.25, -0.2) is 0 Å². The summed E-state index contributed by atoms with van der Waals surface area (Å²) in [7, 11) is 0. The summed E-state index contributed by atoms with van der Waals surface area (Å²) in [6, 6.07) is 0. The molecule has 13 heavy (non-hydrogen) atoms. The highest BCUT2D eigenvalue weighted by atomic mass is 32.1. The highest BCUT2D eigenvalue weighted by Crippen LogP contribution is 2.09. The van der Waals surface area contributed by atoms with Crippen LogP contribution in [0.15, 0.2) is 0 Å². The average molecular weight is 201 g/mol. The second kappa shape index (κ2) is 4.77. The van der Waals surface area contributed by atoms with E-state index in [2.05, 4.69) is 35.5 Å². The van der Waals surface area contributed by atoms with E-state index >= 15 is 0 Å². The van der Waals surface area contributed by atoms with E-state index in [-0.39, 0.29) is 0 Å². The Labute approximate surface area is 86.3 Å². The van der Waals surface area contributed by atoms with E-state index in [0.29, 0.717) is 0 Å². The van der Waals surface area contributed by atoms with Crippen LogP contribution in [-0.4, -0.2) is 52.8 Å². The van der Waals surface area contributed by atoms with Gasteiger partial charge in [-0.1, -0.05) is 6.92 Å². The lowest BCUT2D eigenvalue weighted by Gasteiger charge is -2.43. The summed E-state index contributed by atoms with van der Waals surface area (Å²) in [4.78, 5) is 6.88. The first-order valence-corrected chi connectivity index (χ1v) is 5.39. The topological polar surface area (TPSA) is 9.72 Å². The molecular formula is C9H19N3S. The normalized spacial score (nSPS) is 19.8. The molecule has 0 N–H and O–H groups in total. The van der Waals surface area contributed by atoms with Crippen LogP contribution in [0.5, 0.6) is 0 Å². The summed E-state index contributed by atoms with van der Waals surface area (Å²) in [5, 5.41) is 1.01. The zero-order valence-corrected chi connectivity index (χ0v) is 9.60. The molecule has 0 aliphatic carbocycles. The lowest BCUT2D eigenvalue weighted by molar-refractivity contribution is 0.0932. The Hall–Kier alpha value is -0.350. The minimum absolute atomic E-state index is 0.988. The van der Waals surface area contributed by atoms with E-state index < -0.39 is 0 Å². The van der Waals surface area contributed by atoms with Gasteiger partial charge in [0.15, 0.2) is 5.11 Å². The van der Waals surface area contributed by atoms with E-state index in [1.54, 1.807) is 0 Å². The summed E-state index contributed by atoms with van der Waals surface area (Å²) in [5.74, 6) is 0. The van der Waals surface area contributed by atoms with Crippen molar-refractivity contribution in [3.8, 4) is 0 Å². The number of nitrogens with zero attached hydrogens (tertiary/aromatic N) is 3. The first-order chi connectivity index (χ1) is 6.22. The molecule has 0 spiro atoms. The van der Waals surface area contributed by atoms with Gasteiger partial charge >= 0.3 is 0 Å². The van der Waals surface area contributed by atoms with E-state index in [4.69, 9.17) is 12.2 Å². The van der Waals surface area contributed by atoms with E-state index in [9.17, 15) is 0 Å². The van der Waals surface area contributed by atoms with Gasteiger partial charge in [-0.3, -0.25) is 4.90 Å². The van der Waals surface area contributed by atoms with Gasteiger partial charge in [-0.2, -0.15) is 0 Å². The zero-order valence-electron chi connectivity index (χ0n) is 8.79. The Morgan fingerprint density at radius 1 is 1.00 bits per heavy atom. The van der Waals surface area contributed by atoms with E-state index in [1.807, 2.05) is 0 Å². The maximum atomic E-state index is 5.37. The summed E-state index contributed by atoms with van der Waals surface area (Å²) < 4.78 is 0. The molecule has 0 aromatic heterocycles. The molecule has 3 nitrogen and oxygen atoms in total. The predicted octanol–water partition coefficient (Wildman–Crippen LogP) is 1.17. The van der Waals surface area contributed by atoms with Crippen LogP contribution in [0.3, 0.4) is 0 Å². The summed E-state index contributed by atoms with van der Waals surface area (Å²) in [5.41, 5.74) is 0. The first kappa shape index (κ1) is 10.7. The van der Waals surface area contributed by atoms with Crippen molar-refractivity contribution in [2.24, 2.45) is 0 Å². The second-order valence-electron chi connectivity index (χ2n) is 3.26. The third-order valence-electron chi connectivity index (χ3n) is 2.49. The van der Waals surface area contributed by atoms with Gasteiger partial charge in [-0.15, -0.1) is 0 Å². The van der Waals surface area contributed by atoms with Crippen LogP contribution < -0.4 is 0 Å². The van der Waals surface area contributed by atoms with Crippen molar-refractivity contribution in [2.75, 3.05) is 33.0 Å². The second-order valence-corrected chi connectivity index (χ2v) is 3.63. The lowest BCUT2D eigenvalue weighted by Crippen LogP contribution is -2.57. The van der Waals surface area contributed by atoms with E-state index in [1.165, 1.54) is 0 Å². The monoisotopic (exact) mass is 201 g/mol. The summed E-state index contributed by atoms with van der Waals surface area (Å²) in [6.45, 7) is 11.6. The number of rotatable bonds is 3. The van der Waals surface area contributed by atoms with Crippen molar-refractivity contribution >= 4 is 17.3 Å². The van der Waals surface area contributed by atoms with Gasteiger partial charge in [0.05, 0.1) is 13.3 Å². The van der Waals surface area contributed by atoms with Crippen molar-refractivity contribution in [2.45, 2.75) is 20.8 Å². The standard InChI is InChI=1S/C9H19N3S/c1-4-10-7-11(5-2)9(13)12(6-3)8-10/h4-8H2,1-3H3. The van der Waals surface area contributed by atoms with Gasteiger partial charge in [0.25, 0.3) is 0 Å². The maximum absolute atomic E-state index is 5.37. The number of thiocarbonyl (C=S) groups is 1. The average Bonchev–Trinajstić information content (AvgIpc) is 2.18. The quantitative estimate of drug-likeness (QED) is 0.634. The minimum Gasteiger partial charge on any atom is -0.336 e. The Morgan fingerprint density at radius 3 is 1.77 bits per heavy atom. The molecule has 1 heterocycles. The van der Waals surface area contributed by atoms with Gasteiger partial charge in [0, 0.05) is 13.1 Å². The molecule has 1 aliphatic rings. The molecule has 0 saturated carbocycles. The summed E-state index contributed by atoms with van der Waals surface area (Å²) >= 11 is 5.37. The molecule has 0 aromatic rings. The van der Waals surface area contributed by atoms with Crippen LogP contribution in [0.4, 0.5) is 0 Å². The third-order valence-corrected chi connectivity index (χ3v) is 3.01. The van der Waals surface area contributed by atoms with Gasteiger partial charge in [0.1, 0.15) is 0 Å². The fraction of sp³-hybridized carbons (Fsp3) is 0.889. The van der Waals surface area contributed by atoms with Crippen molar-refractivity contribution < 1.29 is 0 Å². The molecule has 76 valence electrons. The third kappa shape index (κ3) is 2.31. The number of hydrogen-bond donors (Lipinski definition) is 0. The predicted molar refractivity (Wildman–Crippen MR) is 59.5 cm³/mol. The molecule has 0 radical (unpaired) electrons. The molecule has 4 heteroatoms. The molecule has 0 bridgehead atoms. The smallest absolute Gasteiger partial charge is 0.173 e. The van der Waals surface area contributed by atoms with Crippen LogP contribution in [0, 0.1) is 0 Å². The van der Waals surface area contributed by atoms with Crippen LogP contribution >= 0.6 is 12.2 Å². The maximum Gasteiger partial charge on any atom is 0.173 e. The molecule has 0 atom stereocenters. The van der Waals surface area contributed by atoms with Gasteiger partial charge in [-0.05, 0) is 32.6 Å². The SMILES string of the molecule is CCN1CN(CC)C(=S)N(CC)C1. The lowest BCUT2D eigenvalue weighted by atomic mass is 10.4. The molecule has 1 saturated heterocycles. The van der Waals surface area contributed by atoms with Crippen molar-refractivity contribution in [3.63, 3.8) is 0 Å². The van der Waals surface area contributed by atoms with Crippen LogP contribution in [0.2, 0.25) is 0 Å².